The first-order valence-corrected chi connectivity index (χ1v) is 4.27. The summed E-state index contributed by atoms with van der Waals surface area (Å²) in [5.74, 6) is 0.895. The zero-order valence-corrected chi connectivity index (χ0v) is 9.04. The normalized spacial score (nSPS) is 9.67. The highest BCUT2D eigenvalue weighted by Crippen LogP contribution is 2.32. The molecule has 0 amide bonds. The van der Waals surface area contributed by atoms with Gasteiger partial charge in [0, 0.05) is 5.39 Å². The molecular weight excluding hydrogens is 214 g/mol. The van der Waals surface area contributed by atoms with Gasteiger partial charge in [0.15, 0.2) is 0 Å². The van der Waals surface area contributed by atoms with Gasteiger partial charge in [0.1, 0.15) is 11.5 Å². The number of phenolic OH excluding ortho intramolecular Hbond substituents is 1. The number of ether oxygens (including phenoxy) is 1. The Hall–Kier alpha value is -1.61. The van der Waals surface area contributed by atoms with E-state index in [1.807, 2.05) is 12.1 Å². The highest BCUT2D eigenvalue weighted by atomic mass is 35.5. The van der Waals surface area contributed by atoms with E-state index in [-0.39, 0.29) is 18.2 Å². The molecule has 0 aliphatic rings. The second-order valence-electron chi connectivity index (χ2n) is 3.09. The molecule has 0 saturated carbocycles. The molecule has 0 fully saturated rings. The summed E-state index contributed by atoms with van der Waals surface area (Å²) in [6.07, 6.45) is 0. The van der Waals surface area contributed by atoms with Crippen molar-refractivity contribution in [2.75, 3.05) is 12.8 Å². The fourth-order valence-corrected chi connectivity index (χ4v) is 1.44. The highest BCUT2D eigenvalue weighted by Gasteiger charge is 2.03. The Morgan fingerprint density at radius 2 is 1.93 bits per heavy atom. The third-order valence-electron chi connectivity index (χ3n) is 2.23. The lowest BCUT2D eigenvalue weighted by atomic mass is 10.1. The Balaban J connectivity index is 0.00000112. The van der Waals surface area contributed by atoms with Crippen molar-refractivity contribution in [3.63, 3.8) is 0 Å². The minimum atomic E-state index is 0. The third kappa shape index (κ3) is 1.92. The van der Waals surface area contributed by atoms with Gasteiger partial charge in [0.2, 0.25) is 0 Å². The van der Waals surface area contributed by atoms with Crippen molar-refractivity contribution in [1.82, 2.24) is 0 Å². The van der Waals surface area contributed by atoms with Crippen molar-refractivity contribution in [1.29, 1.82) is 0 Å². The van der Waals surface area contributed by atoms with E-state index >= 15 is 0 Å². The highest BCUT2D eigenvalue weighted by molar-refractivity contribution is 5.93. The number of benzene rings is 2. The van der Waals surface area contributed by atoms with Crippen LogP contribution in [0.1, 0.15) is 0 Å². The van der Waals surface area contributed by atoms with Crippen molar-refractivity contribution in [3.8, 4) is 11.5 Å². The Morgan fingerprint density at radius 3 is 2.60 bits per heavy atom. The second-order valence-corrected chi connectivity index (χ2v) is 3.09. The van der Waals surface area contributed by atoms with Crippen LogP contribution >= 0.6 is 12.4 Å². The van der Waals surface area contributed by atoms with E-state index in [9.17, 15) is 5.11 Å². The summed E-state index contributed by atoms with van der Waals surface area (Å²) >= 11 is 0. The number of rotatable bonds is 1. The molecule has 2 aromatic rings. The zero-order valence-electron chi connectivity index (χ0n) is 8.23. The number of nitrogen functional groups attached to an aromatic ring is 1. The zero-order chi connectivity index (χ0) is 10.1. The second kappa shape index (κ2) is 4.28. The van der Waals surface area contributed by atoms with Gasteiger partial charge in [-0.3, -0.25) is 0 Å². The Bertz CT molecular complexity index is 485. The van der Waals surface area contributed by atoms with Crippen LogP contribution in [0.2, 0.25) is 0 Å². The van der Waals surface area contributed by atoms with Crippen LogP contribution in [-0.2, 0) is 0 Å². The number of anilines is 1. The van der Waals surface area contributed by atoms with Crippen LogP contribution in [0.5, 0.6) is 11.5 Å². The predicted octanol–water partition coefficient (Wildman–Crippen LogP) is 2.56. The summed E-state index contributed by atoms with van der Waals surface area (Å²) in [5.41, 5.74) is 5.97. The smallest absolute Gasteiger partial charge is 0.146 e. The molecule has 3 N–H and O–H groups in total. The molecule has 0 unspecified atom stereocenters. The van der Waals surface area contributed by atoms with Crippen molar-refractivity contribution in [2.24, 2.45) is 0 Å². The Kier molecular flexibility index (Phi) is 3.27. The van der Waals surface area contributed by atoms with Crippen LogP contribution in [0.3, 0.4) is 0 Å². The quantitative estimate of drug-likeness (QED) is 0.579. The Morgan fingerprint density at radius 1 is 1.20 bits per heavy atom. The monoisotopic (exact) mass is 225 g/mol. The molecule has 0 aliphatic carbocycles. The van der Waals surface area contributed by atoms with Gasteiger partial charge < -0.3 is 15.6 Å². The van der Waals surface area contributed by atoms with E-state index in [2.05, 4.69) is 0 Å². The molecule has 0 saturated heterocycles. The molecule has 0 spiro atoms. The number of hydrogen-bond donors (Lipinski definition) is 2. The molecule has 0 bridgehead atoms. The minimum absolute atomic E-state index is 0. The molecule has 4 heteroatoms. The maximum Gasteiger partial charge on any atom is 0.146 e. The molecule has 0 atom stereocenters. The van der Waals surface area contributed by atoms with E-state index in [1.54, 1.807) is 25.3 Å². The van der Waals surface area contributed by atoms with Crippen molar-refractivity contribution in [3.05, 3.63) is 30.3 Å². The lowest BCUT2D eigenvalue weighted by Crippen LogP contribution is -1.87. The van der Waals surface area contributed by atoms with Gasteiger partial charge in [-0.1, -0.05) is 6.07 Å². The largest absolute Gasteiger partial charge is 0.505 e. The maximum atomic E-state index is 9.66. The standard InChI is InChI=1S/C11H11NO2.ClH/c1-14-8-3-4-9-7(6-8)2-5-10(12)11(9)13;/h2-6,13H,12H2,1H3;1H. The topological polar surface area (TPSA) is 55.5 Å². The first-order chi connectivity index (χ1) is 6.72. The van der Waals surface area contributed by atoms with Gasteiger partial charge >= 0.3 is 0 Å². The van der Waals surface area contributed by atoms with Gasteiger partial charge in [-0.25, -0.2) is 0 Å². The molecule has 0 radical (unpaired) electrons. The molecule has 80 valence electrons. The predicted molar refractivity (Wildman–Crippen MR) is 63.8 cm³/mol. The summed E-state index contributed by atoms with van der Waals surface area (Å²) in [6, 6.07) is 8.97. The van der Waals surface area contributed by atoms with E-state index in [0.29, 0.717) is 5.69 Å². The van der Waals surface area contributed by atoms with E-state index in [1.165, 1.54) is 0 Å². The Labute approximate surface area is 93.9 Å². The molecule has 0 heterocycles. The van der Waals surface area contributed by atoms with Gasteiger partial charge in [-0.2, -0.15) is 0 Å². The van der Waals surface area contributed by atoms with Crippen LogP contribution < -0.4 is 10.5 Å². The molecule has 3 nitrogen and oxygen atoms in total. The van der Waals surface area contributed by atoms with E-state index in [4.69, 9.17) is 10.5 Å². The molecule has 15 heavy (non-hydrogen) atoms. The molecule has 2 rings (SSSR count). The number of halogens is 1. The number of hydrogen-bond acceptors (Lipinski definition) is 3. The molecule has 0 aromatic heterocycles. The van der Waals surface area contributed by atoms with Gasteiger partial charge in [-0.15, -0.1) is 12.4 Å². The number of methoxy groups -OCH3 is 1. The number of aromatic hydroxyl groups is 1. The minimum Gasteiger partial charge on any atom is -0.505 e. The third-order valence-corrected chi connectivity index (χ3v) is 2.23. The lowest BCUT2D eigenvalue weighted by molar-refractivity contribution is 0.415. The molecule has 0 aliphatic heterocycles. The van der Waals surface area contributed by atoms with Crippen molar-refractivity contribution in [2.45, 2.75) is 0 Å². The summed E-state index contributed by atoms with van der Waals surface area (Å²) in [7, 11) is 1.61. The first kappa shape index (κ1) is 11.5. The van der Waals surface area contributed by atoms with Gasteiger partial charge in [0.05, 0.1) is 12.8 Å². The average Bonchev–Trinajstić information content (AvgIpc) is 2.23. The summed E-state index contributed by atoms with van der Waals surface area (Å²) in [4.78, 5) is 0. The van der Waals surface area contributed by atoms with E-state index < -0.39 is 0 Å². The number of nitrogens with two attached hydrogens (primary N) is 1. The van der Waals surface area contributed by atoms with Crippen LogP contribution in [0, 0.1) is 0 Å². The summed E-state index contributed by atoms with van der Waals surface area (Å²) < 4.78 is 5.08. The first-order valence-electron chi connectivity index (χ1n) is 4.27. The summed E-state index contributed by atoms with van der Waals surface area (Å²) in [6.45, 7) is 0. The van der Waals surface area contributed by atoms with Crippen LogP contribution in [0.25, 0.3) is 10.8 Å². The van der Waals surface area contributed by atoms with Crippen LogP contribution in [0.4, 0.5) is 5.69 Å². The number of phenols is 1. The fourth-order valence-electron chi connectivity index (χ4n) is 1.44. The van der Waals surface area contributed by atoms with Gasteiger partial charge in [-0.05, 0) is 29.7 Å². The van der Waals surface area contributed by atoms with Gasteiger partial charge in [0.25, 0.3) is 0 Å². The lowest BCUT2D eigenvalue weighted by Gasteiger charge is -2.05. The van der Waals surface area contributed by atoms with Crippen molar-refractivity contribution >= 4 is 28.9 Å². The van der Waals surface area contributed by atoms with E-state index in [0.717, 1.165) is 16.5 Å². The average molecular weight is 226 g/mol. The summed E-state index contributed by atoms with van der Waals surface area (Å²) in [5, 5.41) is 11.3. The SMILES string of the molecule is COc1ccc2c(O)c(N)ccc2c1.Cl. The van der Waals surface area contributed by atoms with Crippen molar-refractivity contribution < 1.29 is 9.84 Å². The van der Waals surface area contributed by atoms with Crippen LogP contribution in [-0.4, -0.2) is 12.2 Å². The van der Waals surface area contributed by atoms with Crippen LogP contribution in [0.15, 0.2) is 30.3 Å². The fraction of sp³-hybridized carbons (Fsp3) is 0.0909. The molecule has 2 aromatic carbocycles. The maximum absolute atomic E-state index is 9.66. The molecular formula is C11H12ClNO2. The number of fused-ring (bicyclic) bond motifs is 1.